The summed E-state index contributed by atoms with van der Waals surface area (Å²) in [5.41, 5.74) is 3.02. The normalized spacial score (nSPS) is 10.8. The van der Waals surface area contributed by atoms with Gasteiger partial charge < -0.3 is 4.42 Å². The summed E-state index contributed by atoms with van der Waals surface area (Å²) in [7, 11) is 0. The summed E-state index contributed by atoms with van der Waals surface area (Å²) in [5, 5.41) is 0.732. The zero-order valence-corrected chi connectivity index (χ0v) is 7.81. The molecule has 2 rings (SSSR count). The molecule has 3 heteroatoms. The lowest BCUT2D eigenvalue weighted by Gasteiger charge is -1.87. The predicted molar refractivity (Wildman–Crippen MR) is 50.5 cm³/mol. The minimum atomic E-state index is 0.732. The van der Waals surface area contributed by atoms with Crippen LogP contribution >= 0.6 is 11.8 Å². The molecule has 0 fully saturated rings. The molecule has 0 aliphatic carbocycles. The number of fused-ring (bicyclic) bond motifs is 1. The third-order valence-electron chi connectivity index (χ3n) is 1.70. The summed E-state index contributed by atoms with van der Waals surface area (Å²) >= 11 is 1.52. The highest BCUT2D eigenvalue weighted by atomic mass is 32.2. The van der Waals surface area contributed by atoms with Crippen LogP contribution in [0.15, 0.2) is 27.8 Å². The molecule has 2 nitrogen and oxygen atoms in total. The number of hydrogen-bond acceptors (Lipinski definition) is 3. The molecule has 0 radical (unpaired) electrons. The first-order valence-corrected chi connectivity index (χ1v) is 4.93. The summed E-state index contributed by atoms with van der Waals surface area (Å²) in [4.78, 5) is 4.29. The smallest absolute Gasteiger partial charge is 0.256 e. The van der Waals surface area contributed by atoms with E-state index in [-0.39, 0.29) is 0 Å². The fourth-order valence-corrected chi connectivity index (χ4v) is 1.47. The Bertz CT molecular complexity index is 408. The largest absolute Gasteiger partial charge is 0.431 e. The van der Waals surface area contributed by atoms with Gasteiger partial charge in [-0.1, -0.05) is 17.8 Å². The van der Waals surface area contributed by atoms with Gasteiger partial charge in [-0.2, -0.15) is 0 Å². The molecule has 1 aromatic heterocycles. The second kappa shape index (κ2) is 2.83. The van der Waals surface area contributed by atoms with E-state index in [1.807, 2.05) is 31.4 Å². The number of thioether (sulfide) groups is 1. The number of hydrogen-bond donors (Lipinski definition) is 0. The molecule has 0 saturated heterocycles. The maximum absolute atomic E-state index is 5.42. The number of aryl methyl sites for hydroxylation is 1. The number of aromatic nitrogens is 1. The van der Waals surface area contributed by atoms with E-state index in [9.17, 15) is 0 Å². The van der Waals surface area contributed by atoms with Crippen molar-refractivity contribution in [2.45, 2.75) is 12.1 Å². The Morgan fingerprint density at radius 1 is 1.42 bits per heavy atom. The molecule has 0 spiro atoms. The zero-order valence-electron chi connectivity index (χ0n) is 7.00. The lowest BCUT2D eigenvalue weighted by Crippen LogP contribution is -1.71. The van der Waals surface area contributed by atoms with E-state index in [0.717, 1.165) is 16.3 Å². The van der Waals surface area contributed by atoms with Gasteiger partial charge in [0.1, 0.15) is 5.52 Å². The van der Waals surface area contributed by atoms with Crippen LogP contribution in [0.4, 0.5) is 0 Å². The molecule has 1 aromatic carbocycles. The Hall–Kier alpha value is -0.960. The first-order chi connectivity index (χ1) is 5.79. The standard InChI is InChI=1S/C9H9NOS/c1-6-3-4-8-7(5-6)10-9(11-8)12-2/h3-5H,1-2H3. The summed E-state index contributed by atoms with van der Waals surface area (Å²) in [6.07, 6.45) is 1.96. The highest BCUT2D eigenvalue weighted by molar-refractivity contribution is 7.98. The summed E-state index contributed by atoms with van der Waals surface area (Å²) < 4.78 is 5.42. The number of nitrogens with zero attached hydrogens (tertiary/aromatic N) is 1. The molecule has 0 saturated carbocycles. The van der Waals surface area contributed by atoms with Crippen LogP contribution in [0.5, 0.6) is 0 Å². The second-order valence-corrected chi connectivity index (χ2v) is 3.41. The third kappa shape index (κ3) is 1.20. The maximum atomic E-state index is 5.42. The molecule has 0 amide bonds. The fraction of sp³-hybridized carbons (Fsp3) is 0.222. The zero-order chi connectivity index (χ0) is 8.55. The summed E-state index contributed by atoms with van der Waals surface area (Å²) in [5.74, 6) is 0. The Morgan fingerprint density at radius 2 is 2.25 bits per heavy atom. The lowest BCUT2D eigenvalue weighted by atomic mass is 10.2. The van der Waals surface area contributed by atoms with Crippen molar-refractivity contribution in [1.82, 2.24) is 4.98 Å². The van der Waals surface area contributed by atoms with Gasteiger partial charge in [0.05, 0.1) is 0 Å². The monoisotopic (exact) mass is 179 g/mol. The van der Waals surface area contributed by atoms with Crippen molar-refractivity contribution in [2.24, 2.45) is 0 Å². The van der Waals surface area contributed by atoms with Gasteiger partial charge in [-0.3, -0.25) is 0 Å². The SMILES string of the molecule is CSc1nc2cc(C)ccc2o1. The van der Waals surface area contributed by atoms with Crippen LogP contribution in [0, 0.1) is 6.92 Å². The Labute approximate surface area is 75.0 Å². The van der Waals surface area contributed by atoms with Crippen molar-refractivity contribution >= 4 is 22.9 Å². The van der Waals surface area contributed by atoms with Crippen LogP contribution in [-0.4, -0.2) is 11.2 Å². The number of oxazole rings is 1. The van der Waals surface area contributed by atoms with Gasteiger partial charge in [0.25, 0.3) is 5.22 Å². The molecule has 0 unspecified atom stereocenters. The van der Waals surface area contributed by atoms with Crippen molar-refractivity contribution in [3.05, 3.63) is 23.8 Å². The molecule has 12 heavy (non-hydrogen) atoms. The first kappa shape index (κ1) is 7.68. The van der Waals surface area contributed by atoms with E-state index >= 15 is 0 Å². The van der Waals surface area contributed by atoms with Gasteiger partial charge in [-0.05, 0) is 30.9 Å². The second-order valence-electron chi connectivity index (χ2n) is 2.66. The van der Waals surface area contributed by atoms with Crippen LogP contribution in [0.1, 0.15) is 5.56 Å². The maximum Gasteiger partial charge on any atom is 0.256 e. The van der Waals surface area contributed by atoms with Crippen molar-refractivity contribution in [2.75, 3.05) is 6.26 Å². The van der Waals surface area contributed by atoms with Crippen LogP contribution in [0.3, 0.4) is 0 Å². The van der Waals surface area contributed by atoms with Gasteiger partial charge >= 0.3 is 0 Å². The van der Waals surface area contributed by atoms with Gasteiger partial charge in [0.2, 0.25) is 0 Å². The predicted octanol–water partition coefficient (Wildman–Crippen LogP) is 2.86. The molecule has 0 aliphatic heterocycles. The molecule has 2 aromatic rings. The van der Waals surface area contributed by atoms with Crippen LogP contribution < -0.4 is 0 Å². The van der Waals surface area contributed by atoms with Crippen molar-refractivity contribution < 1.29 is 4.42 Å². The average Bonchev–Trinajstić information content (AvgIpc) is 2.46. The van der Waals surface area contributed by atoms with Crippen molar-refractivity contribution in [1.29, 1.82) is 0 Å². The first-order valence-electron chi connectivity index (χ1n) is 3.71. The number of benzene rings is 1. The number of rotatable bonds is 1. The highest BCUT2D eigenvalue weighted by Gasteiger charge is 2.02. The summed E-state index contributed by atoms with van der Waals surface area (Å²) in [6, 6.07) is 6.01. The van der Waals surface area contributed by atoms with E-state index in [2.05, 4.69) is 4.98 Å². The van der Waals surface area contributed by atoms with E-state index in [1.165, 1.54) is 17.3 Å². The van der Waals surface area contributed by atoms with E-state index in [0.29, 0.717) is 0 Å². The Kier molecular flexibility index (Phi) is 1.81. The molecule has 1 heterocycles. The van der Waals surface area contributed by atoms with Crippen LogP contribution in [0.2, 0.25) is 0 Å². The topological polar surface area (TPSA) is 26.0 Å². The highest BCUT2D eigenvalue weighted by Crippen LogP contribution is 2.21. The quantitative estimate of drug-likeness (QED) is 0.629. The third-order valence-corrected chi connectivity index (χ3v) is 2.22. The molecule has 0 bridgehead atoms. The fourth-order valence-electron chi connectivity index (χ4n) is 1.10. The average molecular weight is 179 g/mol. The van der Waals surface area contributed by atoms with E-state index in [4.69, 9.17) is 4.42 Å². The molecule has 0 aliphatic rings. The van der Waals surface area contributed by atoms with Gasteiger partial charge in [-0.15, -0.1) is 0 Å². The summed E-state index contributed by atoms with van der Waals surface area (Å²) in [6.45, 7) is 2.05. The Balaban J connectivity index is 2.67. The molecular weight excluding hydrogens is 170 g/mol. The minimum Gasteiger partial charge on any atom is -0.431 e. The minimum absolute atomic E-state index is 0.732. The lowest BCUT2D eigenvalue weighted by molar-refractivity contribution is 0.490. The molecule has 0 atom stereocenters. The van der Waals surface area contributed by atoms with Gasteiger partial charge in [0.15, 0.2) is 5.58 Å². The van der Waals surface area contributed by atoms with Crippen molar-refractivity contribution in [3.8, 4) is 0 Å². The Morgan fingerprint density at radius 3 is 3.00 bits per heavy atom. The molecule has 62 valence electrons. The molecular formula is C9H9NOS. The van der Waals surface area contributed by atoms with Gasteiger partial charge in [0, 0.05) is 0 Å². The van der Waals surface area contributed by atoms with Crippen molar-refractivity contribution in [3.63, 3.8) is 0 Å². The van der Waals surface area contributed by atoms with E-state index in [1.54, 1.807) is 0 Å². The van der Waals surface area contributed by atoms with Crippen LogP contribution in [-0.2, 0) is 0 Å². The molecule has 0 N–H and O–H groups in total. The van der Waals surface area contributed by atoms with E-state index < -0.39 is 0 Å². The van der Waals surface area contributed by atoms with Crippen LogP contribution in [0.25, 0.3) is 11.1 Å². The van der Waals surface area contributed by atoms with Gasteiger partial charge in [-0.25, -0.2) is 4.98 Å².